The Morgan fingerprint density at radius 2 is 1.50 bits per heavy atom. The minimum Gasteiger partial charge on any atom is -0.330 e. The van der Waals surface area contributed by atoms with Crippen molar-refractivity contribution in [2.45, 2.75) is 58.3 Å². The van der Waals surface area contributed by atoms with Crippen LogP contribution in [0.3, 0.4) is 0 Å². The third-order valence-corrected chi connectivity index (χ3v) is 5.59. The molecule has 3 aliphatic rings. The van der Waals surface area contributed by atoms with Crippen LogP contribution in [0.4, 0.5) is 0 Å². The number of hydroxylamine groups is 4. The lowest BCUT2D eigenvalue weighted by molar-refractivity contribution is -0.199. The largest absolute Gasteiger partial charge is 0.333 e. The van der Waals surface area contributed by atoms with Crippen LogP contribution in [0.5, 0.6) is 0 Å². The fourth-order valence-electron chi connectivity index (χ4n) is 3.88. The Bertz CT molecular complexity index is 716. The highest BCUT2D eigenvalue weighted by Crippen LogP contribution is 2.44. The third kappa shape index (κ3) is 3.96. The Kier molecular flexibility index (Phi) is 5.59. The molecule has 0 spiro atoms. The van der Waals surface area contributed by atoms with Crippen molar-refractivity contribution in [1.82, 2.24) is 10.1 Å². The summed E-state index contributed by atoms with van der Waals surface area (Å²) in [5.74, 6) is -3.00. The molecule has 2 heterocycles. The first-order valence-electron chi connectivity index (χ1n) is 9.28. The summed E-state index contributed by atoms with van der Waals surface area (Å²) < 4.78 is 0. The van der Waals surface area contributed by atoms with Gasteiger partial charge in [0.2, 0.25) is 0 Å². The van der Waals surface area contributed by atoms with Gasteiger partial charge in [-0.05, 0) is 32.1 Å². The number of rotatable bonds is 7. The van der Waals surface area contributed by atoms with E-state index >= 15 is 0 Å². The van der Waals surface area contributed by atoms with Crippen molar-refractivity contribution < 1.29 is 38.4 Å². The minimum atomic E-state index is -0.895. The fraction of sp³-hybridized carbons (Fsp3) is 0.667. The van der Waals surface area contributed by atoms with Crippen LogP contribution in [0.15, 0.2) is 0 Å². The van der Waals surface area contributed by atoms with Gasteiger partial charge in [-0.2, -0.15) is 5.06 Å². The number of ketones is 1. The predicted octanol–water partition coefficient (Wildman–Crippen LogP) is 0.440. The zero-order valence-corrected chi connectivity index (χ0v) is 15.6. The maximum Gasteiger partial charge on any atom is 0.333 e. The van der Waals surface area contributed by atoms with Crippen LogP contribution in [0.1, 0.15) is 58.3 Å². The molecule has 1 aliphatic carbocycles. The minimum absolute atomic E-state index is 0.0221. The fourth-order valence-corrected chi connectivity index (χ4v) is 3.88. The standard InChI is InChI=1S/C18H22N2O8/c1-11(21)18(10-27-19-13(22)2-3-14(19)23)7-6-12(9-18)8-17(26)28-20-15(24)4-5-16(20)25/h12H,2-10H2,1H3/t12?,18-/m1/s1. The Balaban J connectivity index is 1.56. The van der Waals surface area contributed by atoms with Gasteiger partial charge in [0.15, 0.2) is 0 Å². The van der Waals surface area contributed by atoms with Crippen LogP contribution in [-0.2, 0) is 38.4 Å². The molecule has 3 fully saturated rings. The average Bonchev–Trinajstić information content (AvgIpc) is 3.28. The van der Waals surface area contributed by atoms with E-state index in [1.165, 1.54) is 6.92 Å². The summed E-state index contributed by atoms with van der Waals surface area (Å²) in [4.78, 5) is 81.0. The second-order valence-electron chi connectivity index (χ2n) is 7.55. The Hall–Kier alpha value is -2.62. The topological polar surface area (TPSA) is 127 Å². The Morgan fingerprint density at radius 1 is 0.964 bits per heavy atom. The van der Waals surface area contributed by atoms with Crippen molar-refractivity contribution in [2.75, 3.05) is 6.61 Å². The maximum atomic E-state index is 12.2. The second kappa shape index (κ2) is 7.78. The maximum absolute atomic E-state index is 12.2. The number of nitrogens with zero attached hydrogens (tertiary/aromatic N) is 2. The van der Waals surface area contributed by atoms with E-state index in [2.05, 4.69) is 0 Å². The van der Waals surface area contributed by atoms with Gasteiger partial charge in [0.05, 0.1) is 18.4 Å². The summed E-state index contributed by atoms with van der Waals surface area (Å²) in [6, 6.07) is 0. The Morgan fingerprint density at radius 3 is 2.04 bits per heavy atom. The first kappa shape index (κ1) is 20.1. The highest BCUT2D eigenvalue weighted by molar-refractivity contribution is 6.01. The van der Waals surface area contributed by atoms with Gasteiger partial charge in [-0.3, -0.25) is 28.8 Å². The smallest absolute Gasteiger partial charge is 0.330 e. The van der Waals surface area contributed by atoms with E-state index in [9.17, 15) is 28.8 Å². The van der Waals surface area contributed by atoms with Gasteiger partial charge in [0.1, 0.15) is 5.78 Å². The molecule has 0 aromatic rings. The first-order valence-corrected chi connectivity index (χ1v) is 9.28. The van der Waals surface area contributed by atoms with Crippen LogP contribution in [-0.4, -0.2) is 52.1 Å². The summed E-state index contributed by atoms with van der Waals surface area (Å²) in [5.41, 5.74) is -0.895. The molecule has 10 heteroatoms. The summed E-state index contributed by atoms with van der Waals surface area (Å²) >= 11 is 0. The molecule has 0 aromatic carbocycles. The highest BCUT2D eigenvalue weighted by atomic mass is 16.7. The first-order chi connectivity index (χ1) is 13.2. The van der Waals surface area contributed by atoms with E-state index in [0.29, 0.717) is 24.3 Å². The average molecular weight is 394 g/mol. The molecule has 28 heavy (non-hydrogen) atoms. The molecule has 152 valence electrons. The molecule has 2 aliphatic heterocycles. The van der Waals surface area contributed by atoms with Crippen molar-refractivity contribution in [3.05, 3.63) is 0 Å². The molecule has 3 rings (SSSR count). The van der Waals surface area contributed by atoms with Crippen molar-refractivity contribution in [2.24, 2.45) is 11.3 Å². The van der Waals surface area contributed by atoms with E-state index in [1.54, 1.807) is 0 Å². The molecule has 2 atom stereocenters. The number of Topliss-reactive ketones (excluding diaryl/α,β-unsaturated/α-hetero) is 1. The number of carbonyl (C=O) groups is 6. The van der Waals surface area contributed by atoms with Crippen molar-refractivity contribution >= 4 is 35.4 Å². The molecular formula is C18H22N2O8. The van der Waals surface area contributed by atoms with Gasteiger partial charge < -0.3 is 4.84 Å². The van der Waals surface area contributed by atoms with Crippen molar-refractivity contribution in [3.8, 4) is 0 Å². The quantitative estimate of drug-likeness (QED) is 0.569. The lowest BCUT2D eigenvalue weighted by Crippen LogP contribution is -2.38. The second-order valence-corrected chi connectivity index (χ2v) is 7.55. The highest BCUT2D eigenvalue weighted by Gasteiger charge is 2.46. The molecule has 10 nitrogen and oxygen atoms in total. The monoisotopic (exact) mass is 394 g/mol. The van der Waals surface area contributed by atoms with Gasteiger partial charge >= 0.3 is 5.97 Å². The molecule has 1 saturated carbocycles. The zero-order valence-electron chi connectivity index (χ0n) is 15.6. The molecule has 0 radical (unpaired) electrons. The van der Waals surface area contributed by atoms with E-state index in [1.807, 2.05) is 0 Å². The molecule has 4 amide bonds. The third-order valence-electron chi connectivity index (χ3n) is 5.59. The lowest BCUT2D eigenvalue weighted by atomic mass is 9.82. The van der Waals surface area contributed by atoms with Crippen molar-refractivity contribution in [1.29, 1.82) is 0 Å². The van der Waals surface area contributed by atoms with Gasteiger partial charge in [0, 0.05) is 25.7 Å². The normalized spacial score (nSPS) is 27.8. The molecule has 2 saturated heterocycles. The summed E-state index contributed by atoms with van der Waals surface area (Å²) in [6.45, 7) is 1.30. The summed E-state index contributed by atoms with van der Waals surface area (Å²) in [6.07, 6.45) is 1.49. The van der Waals surface area contributed by atoms with Gasteiger partial charge in [-0.25, -0.2) is 4.79 Å². The number of carbonyl (C=O) groups excluding carboxylic acids is 6. The molecular weight excluding hydrogens is 372 g/mol. The number of imide groups is 2. The Labute approximate surface area is 161 Å². The predicted molar refractivity (Wildman–Crippen MR) is 89.3 cm³/mol. The number of hydrogen-bond acceptors (Lipinski definition) is 8. The van der Waals surface area contributed by atoms with E-state index in [4.69, 9.17) is 9.68 Å². The van der Waals surface area contributed by atoms with Crippen LogP contribution < -0.4 is 0 Å². The summed E-state index contributed by atoms with van der Waals surface area (Å²) in [5, 5.41) is 1.22. The van der Waals surface area contributed by atoms with Gasteiger partial charge in [-0.15, -0.1) is 5.06 Å². The molecule has 1 unspecified atom stereocenters. The van der Waals surface area contributed by atoms with Crippen LogP contribution in [0, 0.1) is 11.3 Å². The van der Waals surface area contributed by atoms with Crippen LogP contribution in [0.25, 0.3) is 0 Å². The zero-order chi connectivity index (χ0) is 20.5. The van der Waals surface area contributed by atoms with Gasteiger partial charge in [0.25, 0.3) is 23.6 Å². The van der Waals surface area contributed by atoms with Gasteiger partial charge in [-0.1, -0.05) is 0 Å². The van der Waals surface area contributed by atoms with Crippen LogP contribution >= 0.6 is 0 Å². The van der Waals surface area contributed by atoms with E-state index in [-0.39, 0.29) is 50.4 Å². The number of hydrogen-bond donors (Lipinski definition) is 0. The number of amides is 4. The SMILES string of the molecule is CC(=O)[C@]1(CON2C(=O)CCC2=O)CCC(CC(=O)ON2C(=O)CCC2=O)C1. The molecule has 0 N–H and O–H groups in total. The molecule has 0 bridgehead atoms. The van der Waals surface area contributed by atoms with E-state index in [0.717, 1.165) is 5.06 Å². The van der Waals surface area contributed by atoms with Crippen molar-refractivity contribution in [3.63, 3.8) is 0 Å². The summed E-state index contributed by atoms with van der Waals surface area (Å²) in [7, 11) is 0. The van der Waals surface area contributed by atoms with Crippen LogP contribution in [0.2, 0.25) is 0 Å². The lowest BCUT2D eigenvalue weighted by Gasteiger charge is -2.27. The molecule has 0 aromatic heterocycles. The van der Waals surface area contributed by atoms with E-state index < -0.39 is 35.0 Å².